The summed E-state index contributed by atoms with van der Waals surface area (Å²) in [5.74, 6) is -0.907. The fourth-order valence-electron chi connectivity index (χ4n) is 1.66. The van der Waals surface area contributed by atoms with E-state index in [4.69, 9.17) is 9.84 Å². The molecule has 1 amide bonds. The van der Waals surface area contributed by atoms with E-state index in [1.165, 1.54) is 0 Å². The first-order valence-corrected chi connectivity index (χ1v) is 6.72. The maximum absolute atomic E-state index is 12.0. The van der Waals surface area contributed by atoms with Gasteiger partial charge in [0.1, 0.15) is 11.8 Å². The van der Waals surface area contributed by atoms with Crippen LogP contribution in [-0.2, 0) is 4.79 Å². The van der Waals surface area contributed by atoms with Crippen molar-refractivity contribution in [2.45, 2.75) is 33.2 Å². The van der Waals surface area contributed by atoms with Crippen LogP contribution in [0.1, 0.15) is 37.6 Å². The Morgan fingerprint density at radius 3 is 2.30 bits per heavy atom. The van der Waals surface area contributed by atoms with Gasteiger partial charge in [-0.25, -0.2) is 4.79 Å². The normalized spacial score (nSPS) is 12.0. The van der Waals surface area contributed by atoms with Gasteiger partial charge in [-0.3, -0.25) is 4.79 Å². The average Bonchev–Trinajstić information content (AvgIpc) is 2.42. The highest BCUT2D eigenvalue weighted by atomic mass is 16.5. The molecule has 20 heavy (non-hydrogen) atoms. The van der Waals surface area contributed by atoms with Crippen LogP contribution >= 0.6 is 0 Å². The summed E-state index contributed by atoms with van der Waals surface area (Å²) in [7, 11) is 0. The number of nitrogens with one attached hydrogen (secondary N) is 1. The van der Waals surface area contributed by atoms with Crippen LogP contribution in [0, 0.1) is 5.92 Å². The molecule has 0 aliphatic heterocycles. The van der Waals surface area contributed by atoms with Crippen molar-refractivity contribution in [3.63, 3.8) is 0 Å². The topological polar surface area (TPSA) is 75.6 Å². The van der Waals surface area contributed by atoms with Crippen molar-refractivity contribution in [2.24, 2.45) is 5.92 Å². The Balaban J connectivity index is 2.69. The van der Waals surface area contributed by atoms with Crippen molar-refractivity contribution >= 4 is 11.9 Å². The average molecular weight is 279 g/mol. The molecule has 0 aliphatic rings. The Morgan fingerprint density at radius 1 is 1.25 bits per heavy atom. The van der Waals surface area contributed by atoms with Crippen LogP contribution in [0.4, 0.5) is 0 Å². The first-order valence-electron chi connectivity index (χ1n) is 6.72. The second kappa shape index (κ2) is 7.53. The van der Waals surface area contributed by atoms with Crippen molar-refractivity contribution in [2.75, 3.05) is 6.61 Å². The minimum atomic E-state index is -1.03. The summed E-state index contributed by atoms with van der Waals surface area (Å²) < 4.78 is 5.42. The van der Waals surface area contributed by atoms with Crippen LogP contribution in [0.15, 0.2) is 24.3 Å². The molecular formula is C15H21NO4. The molecular weight excluding hydrogens is 258 g/mol. The van der Waals surface area contributed by atoms with Crippen LogP contribution in [0.3, 0.4) is 0 Å². The summed E-state index contributed by atoms with van der Waals surface area (Å²) in [6.07, 6.45) is 0.914. The zero-order chi connectivity index (χ0) is 15.1. The molecule has 1 aromatic rings. The zero-order valence-electron chi connectivity index (χ0n) is 12.1. The molecule has 110 valence electrons. The Labute approximate surface area is 118 Å². The smallest absolute Gasteiger partial charge is 0.326 e. The van der Waals surface area contributed by atoms with Gasteiger partial charge in [0, 0.05) is 5.56 Å². The summed E-state index contributed by atoms with van der Waals surface area (Å²) in [4.78, 5) is 23.0. The number of aliphatic carboxylic acids is 1. The number of carboxylic acid groups (broad SMARTS) is 1. The first-order chi connectivity index (χ1) is 9.45. The third-order valence-electron chi connectivity index (χ3n) is 2.81. The van der Waals surface area contributed by atoms with E-state index >= 15 is 0 Å². The lowest BCUT2D eigenvalue weighted by Crippen LogP contribution is -2.44. The van der Waals surface area contributed by atoms with Crippen LogP contribution in [0.5, 0.6) is 5.75 Å². The summed E-state index contributed by atoms with van der Waals surface area (Å²) in [5.41, 5.74) is 0.417. The lowest BCUT2D eigenvalue weighted by molar-refractivity contribution is -0.140. The number of amides is 1. The molecule has 0 radical (unpaired) electrons. The minimum Gasteiger partial charge on any atom is -0.494 e. The van der Waals surface area contributed by atoms with E-state index in [0.29, 0.717) is 17.9 Å². The maximum Gasteiger partial charge on any atom is 0.326 e. The van der Waals surface area contributed by atoms with Gasteiger partial charge in [-0.2, -0.15) is 0 Å². The molecule has 5 nitrogen and oxygen atoms in total. The third kappa shape index (κ3) is 4.57. The SMILES string of the molecule is CCCOc1ccc(C(=O)N[C@@H](C(=O)O)C(C)C)cc1. The number of ether oxygens (including phenoxy) is 1. The van der Waals surface area contributed by atoms with Gasteiger partial charge >= 0.3 is 5.97 Å². The van der Waals surface area contributed by atoms with E-state index in [1.54, 1.807) is 38.1 Å². The fourth-order valence-corrected chi connectivity index (χ4v) is 1.66. The van der Waals surface area contributed by atoms with Crippen molar-refractivity contribution in [1.82, 2.24) is 5.32 Å². The Morgan fingerprint density at radius 2 is 1.85 bits per heavy atom. The quantitative estimate of drug-likeness (QED) is 0.803. The highest BCUT2D eigenvalue weighted by molar-refractivity contribution is 5.96. The molecule has 0 fully saturated rings. The second-order valence-corrected chi connectivity index (χ2v) is 4.91. The maximum atomic E-state index is 12.0. The molecule has 0 saturated heterocycles. The van der Waals surface area contributed by atoms with Gasteiger partial charge in [0.2, 0.25) is 0 Å². The highest BCUT2D eigenvalue weighted by Crippen LogP contribution is 2.13. The molecule has 2 N–H and O–H groups in total. The molecule has 0 aromatic heterocycles. The fraction of sp³-hybridized carbons (Fsp3) is 0.467. The van der Waals surface area contributed by atoms with E-state index in [-0.39, 0.29) is 5.92 Å². The highest BCUT2D eigenvalue weighted by Gasteiger charge is 2.23. The summed E-state index contributed by atoms with van der Waals surface area (Å²) in [6, 6.07) is 5.77. The van der Waals surface area contributed by atoms with Crippen molar-refractivity contribution in [3.05, 3.63) is 29.8 Å². The standard InChI is InChI=1S/C15H21NO4/c1-4-9-20-12-7-5-11(6-8-12)14(17)16-13(10(2)3)15(18)19/h5-8,10,13H,4,9H2,1-3H3,(H,16,17)(H,18,19)/t13-/m1/s1. The van der Waals surface area contributed by atoms with E-state index in [2.05, 4.69) is 5.32 Å². The number of carboxylic acids is 1. The molecule has 0 aliphatic carbocycles. The lowest BCUT2D eigenvalue weighted by Gasteiger charge is -2.17. The van der Waals surface area contributed by atoms with Gasteiger partial charge in [-0.1, -0.05) is 20.8 Å². The second-order valence-electron chi connectivity index (χ2n) is 4.91. The van der Waals surface area contributed by atoms with E-state index < -0.39 is 17.9 Å². The van der Waals surface area contributed by atoms with Crippen LogP contribution < -0.4 is 10.1 Å². The van der Waals surface area contributed by atoms with Gasteiger partial charge in [0.25, 0.3) is 5.91 Å². The lowest BCUT2D eigenvalue weighted by atomic mass is 10.0. The van der Waals surface area contributed by atoms with Gasteiger partial charge in [0.15, 0.2) is 0 Å². The molecule has 1 aromatic carbocycles. The molecule has 0 unspecified atom stereocenters. The number of benzene rings is 1. The monoisotopic (exact) mass is 279 g/mol. The molecule has 0 heterocycles. The number of carbonyl (C=O) groups excluding carboxylic acids is 1. The van der Waals surface area contributed by atoms with Gasteiger partial charge in [-0.05, 0) is 36.6 Å². The molecule has 5 heteroatoms. The Kier molecular flexibility index (Phi) is 6.03. The van der Waals surface area contributed by atoms with E-state index in [1.807, 2.05) is 6.92 Å². The van der Waals surface area contributed by atoms with Gasteiger partial charge in [-0.15, -0.1) is 0 Å². The van der Waals surface area contributed by atoms with Crippen molar-refractivity contribution < 1.29 is 19.4 Å². The van der Waals surface area contributed by atoms with Gasteiger partial charge < -0.3 is 15.2 Å². The first kappa shape index (κ1) is 16.0. The number of rotatable bonds is 7. The summed E-state index contributed by atoms with van der Waals surface area (Å²) in [6.45, 7) is 6.14. The molecule has 0 saturated carbocycles. The minimum absolute atomic E-state index is 0.177. The van der Waals surface area contributed by atoms with Crippen molar-refractivity contribution in [1.29, 1.82) is 0 Å². The summed E-state index contributed by atoms with van der Waals surface area (Å²) >= 11 is 0. The van der Waals surface area contributed by atoms with E-state index in [9.17, 15) is 9.59 Å². The predicted octanol–water partition coefficient (Wildman–Crippen LogP) is 2.31. The Hall–Kier alpha value is -2.04. The number of carbonyl (C=O) groups is 2. The van der Waals surface area contributed by atoms with Crippen LogP contribution in [0.25, 0.3) is 0 Å². The van der Waals surface area contributed by atoms with Crippen LogP contribution in [-0.4, -0.2) is 29.6 Å². The summed E-state index contributed by atoms with van der Waals surface area (Å²) in [5, 5.41) is 11.6. The zero-order valence-corrected chi connectivity index (χ0v) is 12.1. The number of hydrogen-bond donors (Lipinski definition) is 2. The molecule has 0 bridgehead atoms. The molecule has 0 spiro atoms. The third-order valence-corrected chi connectivity index (χ3v) is 2.81. The van der Waals surface area contributed by atoms with Gasteiger partial charge in [0.05, 0.1) is 6.61 Å². The van der Waals surface area contributed by atoms with Crippen LogP contribution in [0.2, 0.25) is 0 Å². The Bertz CT molecular complexity index is 453. The van der Waals surface area contributed by atoms with Crippen molar-refractivity contribution in [3.8, 4) is 5.75 Å². The number of hydrogen-bond acceptors (Lipinski definition) is 3. The van der Waals surface area contributed by atoms with E-state index in [0.717, 1.165) is 6.42 Å². The molecule has 1 atom stereocenters. The predicted molar refractivity (Wildman–Crippen MR) is 76.0 cm³/mol. The molecule has 1 rings (SSSR count). The largest absolute Gasteiger partial charge is 0.494 e.